The van der Waals surface area contributed by atoms with E-state index in [9.17, 15) is 4.79 Å². The molecule has 0 bridgehead atoms. The summed E-state index contributed by atoms with van der Waals surface area (Å²) in [6.45, 7) is 7.91. The summed E-state index contributed by atoms with van der Waals surface area (Å²) < 4.78 is 0. The molecule has 1 aromatic rings. The number of hydrogen-bond donors (Lipinski definition) is 2. The number of carbonyl (C=O) groups is 1. The SMILES string of the molecule is CCC(C)C(N)C(=O)Nc1nc(C)c(C)s1. The van der Waals surface area contributed by atoms with Gasteiger partial charge < -0.3 is 11.1 Å². The molecule has 16 heavy (non-hydrogen) atoms. The standard InChI is InChI=1S/C11H19N3OS/c1-5-6(2)9(12)10(15)14-11-13-7(3)8(4)16-11/h6,9H,5,12H2,1-4H3,(H,13,14,15). The minimum atomic E-state index is -0.463. The Morgan fingerprint density at radius 2 is 2.19 bits per heavy atom. The third-order valence-corrected chi connectivity index (χ3v) is 3.81. The van der Waals surface area contributed by atoms with E-state index in [-0.39, 0.29) is 11.8 Å². The first-order valence-electron chi connectivity index (χ1n) is 5.46. The molecule has 2 atom stereocenters. The van der Waals surface area contributed by atoms with Crippen molar-refractivity contribution in [3.8, 4) is 0 Å². The van der Waals surface area contributed by atoms with E-state index in [4.69, 9.17) is 5.73 Å². The Kier molecular flexibility index (Phi) is 4.44. The number of anilines is 1. The highest BCUT2D eigenvalue weighted by atomic mass is 32.1. The highest BCUT2D eigenvalue weighted by molar-refractivity contribution is 7.15. The van der Waals surface area contributed by atoms with Gasteiger partial charge in [0.25, 0.3) is 0 Å². The lowest BCUT2D eigenvalue weighted by Crippen LogP contribution is -2.40. The van der Waals surface area contributed by atoms with E-state index in [1.54, 1.807) is 0 Å². The number of nitrogens with zero attached hydrogens (tertiary/aromatic N) is 1. The summed E-state index contributed by atoms with van der Waals surface area (Å²) in [6.07, 6.45) is 0.893. The van der Waals surface area contributed by atoms with Gasteiger partial charge in [-0.15, -0.1) is 11.3 Å². The zero-order valence-corrected chi connectivity index (χ0v) is 11.0. The summed E-state index contributed by atoms with van der Waals surface area (Å²) in [5, 5.41) is 3.40. The number of hydrogen-bond acceptors (Lipinski definition) is 4. The molecule has 1 amide bonds. The Hall–Kier alpha value is -0.940. The predicted molar refractivity (Wildman–Crippen MR) is 67.6 cm³/mol. The summed E-state index contributed by atoms with van der Waals surface area (Å²) in [4.78, 5) is 17.1. The highest BCUT2D eigenvalue weighted by Gasteiger charge is 2.20. The minimum absolute atomic E-state index is 0.150. The van der Waals surface area contributed by atoms with E-state index in [1.165, 1.54) is 11.3 Å². The van der Waals surface area contributed by atoms with Crippen LogP contribution in [-0.2, 0) is 4.79 Å². The number of rotatable bonds is 4. The fourth-order valence-electron chi connectivity index (χ4n) is 1.23. The monoisotopic (exact) mass is 241 g/mol. The molecule has 0 spiro atoms. The van der Waals surface area contributed by atoms with Crippen molar-refractivity contribution in [2.75, 3.05) is 5.32 Å². The third kappa shape index (κ3) is 3.02. The van der Waals surface area contributed by atoms with Crippen LogP contribution in [0.5, 0.6) is 0 Å². The van der Waals surface area contributed by atoms with Crippen molar-refractivity contribution in [1.82, 2.24) is 4.98 Å². The van der Waals surface area contributed by atoms with Crippen LogP contribution in [-0.4, -0.2) is 16.9 Å². The van der Waals surface area contributed by atoms with Gasteiger partial charge in [-0.25, -0.2) is 4.98 Å². The predicted octanol–water partition coefficient (Wildman–Crippen LogP) is 2.07. The summed E-state index contributed by atoms with van der Waals surface area (Å²) in [6, 6.07) is -0.463. The molecular weight excluding hydrogens is 222 g/mol. The zero-order valence-electron chi connectivity index (χ0n) is 10.2. The lowest BCUT2D eigenvalue weighted by molar-refractivity contribution is -0.118. The van der Waals surface area contributed by atoms with Crippen molar-refractivity contribution >= 4 is 22.4 Å². The molecule has 0 aliphatic heterocycles. The molecule has 3 N–H and O–H groups in total. The summed E-state index contributed by atoms with van der Waals surface area (Å²) in [5.41, 5.74) is 6.78. The van der Waals surface area contributed by atoms with Gasteiger partial charge >= 0.3 is 0 Å². The number of aryl methyl sites for hydroxylation is 2. The minimum Gasteiger partial charge on any atom is -0.320 e. The molecular formula is C11H19N3OS. The van der Waals surface area contributed by atoms with Crippen LogP contribution in [0.3, 0.4) is 0 Å². The average molecular weight is 241 g/mol. The van der Waals surface area contributed by atoms with Crippen LogP contribution in [0.1, 0.15) is 30.8 Å². The van der Waals surface area contributed by atoms with Gasteiger partial charge in [0.05, 0.1) is 11.7 Å². The summed E-state index contributed by atoms with van der Waals surface area (Å²) in [7, 11) is 0. The van der Waals surface area contributed by atoms with E-state index < -0.39 is 6.04 Å². The van der Waals surface area contributed by atoms with Crippen LogP contribution >= 0.6 is 11.3 Å². The Morgan fingerprint density at radius 1 is 1.56 bits per heavy atom. The average Bonchev–Trinajstić information content (AvgIpc) is 2.55. The molecule has 4 nitrogen and oxygen atoms in total. The van der Waals surface area contributed by atoms with Gasteiger partial charge in [0.2, 0.25) is 5.91 Å². The molecule has 0 fully saturated rings. The first-order valence-corrected chi connectivity index (χ1v) is 6.27. The van der Waals surface area contributed by atoms with Crippen molar-refractivity contribution in [3.05, 3.63) is 10.6 Å². The fraction of sp³-hybridized carbons (Fsp3) is 0.636. The van der Waals surface area contributed by atoms with Gasteiger partial charge in [0.15, 0.2) is 5.13 Å². The smallest absolute Gasteiger partial charge is 0.243 e. The van der Waals surface area contributed by atoms with Crippen LogP contribution in [0.25, 0.3) is 0 Å². The number of carbonyl (C=O) groups excluding carboxylic acids is 1. The van der Waals surface area contributed by atoms with Gasteiger partial charge in [-0.3, -0.25) is 4.79 Å². The first-order chi connectivity index (χ1) is 7.45. The van der Waals surface area contributed by atoms with Gasteiger partial charge in [-0.1, -0.05) is 20.3 Å². The van der Waals surface area contributed by atoms with Crippen molar-refractivity contribution in [3.63, 3.8) is 0 Å². The molecule has 0 aliphatic rings. The van der Waals surface area contributed by atoms with E-state index in [2.05, 4.69) is 10.3 Å². The van der Waals surface area contributed by atoms with E-state index in [0.717, 1.165) is 17.0 Å². The van der Waals surface area contributed by atoms with Gasteiger partial charge in [-0.2, -0.15) is 0 Å². The van der Waals surface area contributed by atoms with Gasteiger partial charge in [-0.05, 0) is 19.8 Å². The lowest BCUT2D eigenvalue weighted by atomic mass is 10.00. The maximum atomic E-state index is 11.8. The van der Waals surface area contributed by atoms with Crippen LogP contribution in [0, 0.1) is 19.8 Å². The number of amides is 1. The third-order valence-electron chi connectivity index (χ3n) is 2.82. The quantitative estimate of drug-likeness (QED) is 0.848. The number of aromatic nitrogens is 1. The van der Waals surface area contributed by atoms with E-state index >= 15 is 0 Å². The number of nitrogens with two attached hydrogens (primary N) is 1. The van der Waals surface area contributed by atoms with Crippen LogP contribution < -0.4 is 11.1 Å². The van der Waals surface area contributed by atoms with Crippen molar-refractivity contribution in [2.45, 2.75) is 40.2 Å². The topological polar surface area (TPSA) is 68.0 Å². The van der Waals surface area contributed by atoms with Gasteiger partial charge in [0, 0.05) is 4.88 Å². The molecule has 0 saturated carbocycles. The van der Waals surface area contributed by atoms with E-state index in [0.29, 0.717) is 5.13 Å². The number of thiazole rings is 1. The van der Waals surface area contributed by atoms with Crippen LogP contribution in [0.15, 0.2) is 0 Å². The van der Waals surface area contributed by atoms with Crippen molar-refractivity contribution in [1.29, 1.82) is 0 Å². The second-order valence-electron chi connectivity index (χ2n) is 4.06. The Bertz CT molecular complexity index is 356. The normalized spacial score (nSPS) is 14.6. The van der Waals surface area contributed by atoms with Crippen LogP contribution in [0.2, 0.25) is 0 Å². The largest absolute Gasteiger partial charge is 0.320 e. The molecule has 0 aromatic carbocycles. The van der Waals surface area contributed by atoms with Gasteiger partial charge in [0.1, 0.15) is 0 Å². The second-order valence-corrected chi connectivity index (χ2v) is 5.26. The Labute approximate surface area is 100 Å². The molecule has 0 radical (unpaired) electrons. The second kappa shape index (κ2) is 5.41. The maximum absolute atomic E-state index is 11.8. The molecule has 0 aliphatic carbocycles. The molecule has 0 saturated heterocycles. The highest BCUT2D eigenvalue weighted by Crippen LogP contribution is 2.21. The summed E-state index contributed by atoms with van der Waals surface area (Å²) in [5.74, 6) is 0.0326. The Morgan fingerprint density at radius 3 is 2.62 bits per heavy atom. The van der Waals surface area contributed by atoms with Crippen molar-refractivity contribution < 1.29 is 4.79 Å². The molecule has 90 valence electrons. The number of nitrogens with one attached hydrogen (secondary N) is 1. The van der Waals surface area contributed by atoms with Crippen molar-refractivity contribution in [2.24, 2.45) is 11.7 Å². The summed E-state index contributed by atoms with van der Waals surface area (Å²) >= 11 is 1.48. The molecule has 1 heterocycles. The molecule has 2 unspecified atom stereocenters. The lowest BCUT2D eigenvalue weighted by Gasteiger charge is -2.16. The zero-order chi connectivity index (χ0) is 12.3. The first kappa shape index (κ1) is 13.1. The molecule has 5 heteroatoms. The molecule has 1 aromatic heterocycles. The fourth-order valence-corrected chi connectivity index (χ4v) is 2.04. The Balaban J connectivity index is 2.64. The maximum Gasteiger partial charge on any atom is 0.243 e. The van der Waals surface area contributed by atoms with Crippen LogP contribution in [0.4, 0.5) is 5.13 Å². The molecule has 1 rings (SSSR count). The van der Waals surface area contributed by atoms with E-state index in [1.807, 2.05) is 27.7 Å².